The van der Waals surface area contributed by atoms with Crippen LogP contribution in [-0.4, -0.2) is 24.9 Å². The Morgan fingerprint density at radius 1 is 0.562 bits per heavy atom. The van der Waals surface area contributed by atoms with E-state index in [0.717, 1.165) is 24.0 Å². The van der Waals surface area contributed by atoms with Crippen LogP contribution in [0.4, 0.5) is 24.5 Å². The SMILES string of the molecule is CC(C)(C)c1ccccc1-c1cc(C(F)(F)F)cc(-c2ccccc2C(C)(C)C)c1-c1cc(N2CCCC2=O)cc(N2CCCC2=O)c1. The quantitative estimate of drug-likeness (QED) is 0.215. The van der Waals surface area contributed by atoms with E-state index >= 15 is 0 Å². The van der Waals surface area contributed by atoms with E-state index < -0.39 is 11.7 Å². The predicted molar refractivity (Wildman–Crippen MR) is 188 cm³/mol. The van der Waals surface area contributed by atoms with E-state index in [1.165, 1.54) is 12.1 Å². The molecule has 250 valence electrons. The van der Waals surface area contributed by atoms with Gasteiger partial charge >= 0.3 is 6.18 Å². The van der Waals surface area contributed by atoms with Gasteiger partial charge in [0.2, 0.25) is 11.8 Å². The summed E-state index contributed by atoms with van der Waals surface area (Å²) in [5.41, 5.74) is 5.28. The van der Waals surface area contributed by atoms with E-state index in [4.69, 9.17) is 0 Å². The average molecular weight is 653 g/mol. The highest BCUT2D eigenvalue weighted by atomic mass is 19.4. The molecular weight excluding hydrogens is 609 g/mol. The molecule has 2 heterocycles. The highest BCUT2D eigenvalue weighted by molar-refractivity contribution is 6.03. The summed E-state index contributed by atoms with van der Waals surface area (Å²) in [6.07, 6.45) is -2.31. The Bertz CT molecular complexity index is 1770. The van der Waals surface area contributed by atoms with Gasteiger partial charge in [-0.15, -0.1) is 0 Å². The molecule has 0 saturated carbocycles. The Morgan fingerprint density at radius 2 is 0.979 bits per heavy atom. The third kappa shape index (κ3) is 6.39. The summed E-state index contributed by atoms with van der Waals surface area (Å²) in [4.78, 5) is 29.6. The highest BCUT2D eigenvalue weighted by Gasteiger charge is 2.35. The van der Waals surface area contributed by atoms with E-state index in [-0.39, 0.29) is 22.6 Å². The second kappa shape index (κ2) is 12.2. The largest absolute Gasteiger partial charge is 0.416 e. The van der Waals surface area contributed by atoms with Gasteiger partial charge in [0, 0.05) is 37.3 Å². The summed E-state index contributed by atoms with van der Waals surface area (Å²) in [7, 11) is 0. The van der Waals surface area contributed by atoms with Crippen molar-refractivity contribution in [2.75, 3.05) is 22.9 Å². The molecule has 0 spiro atoms. The molecule has 0 aliphatic carbocycles. The summed E-state index contributed by atoms with van der Waals surface area (Å²) < 4.78 is 44.8. The third-order valence-electron chi connectivity index (χ3n) is 9.48. The van der Waals surface area contributed by atoms with Gasteiger partial charge in [-0.1, -0.05) is 90.1 Å². The summed E-state index contributed by atoms with van der Waals surface area (Å²) in [6.45, 7) is 13.5. The summed E-state index contributed by atoms with van der Waals surface area (Å²) in [6, 6.07) is 23.6. The molecule has 48 heavy (non-hydrogen) atoms. The van der Waals surface area contributed by atoms with Crippen LogP contribution in [0.2, 0.25) is 0 Å². The number of hydrogen-bond donors (Lipinski definition) is 0. The first-order valence-corrected chi connectivity index (χ1v) is 16.8. The van der Waals surface area contributed by atoms with Crippen LogP contribution in [0.25, 0.3) is 33.4 Å². The zero-order valence-corrected chi connectivity index (χ0v) is 28.6. The van der Waals surface area contributed by atoms with Gasteiger partial charge in [-0.3, -0.25) is 9.59 Å². The zero-order chi connectivity index (χ0) is 34.6. The van der Waals surface area contributed by atoms with Gasteiger partial charge in [0.25, 0.3) is 0 Å². The fraction of sp³-hybridized carbons (Fsp3) is 0.366. The molecule has 7 heteroatoms. The molecule has 2 fully saturated rings. The fourth-order valence-corrected chi connectivity index (χ4v) is 7.18. The van der Waals surface area contributed by atoms with Crippen LogP contribution in [0.1, 0.15) is 83.9 Å². The molecular formula is C41H43F3N2O2. The van der Waals surface area contributed by atoms with Crippen molar-refractivity contribution in [3.63, 3.8) is 0 Å². The number of alkyl halides is 3. The van der Waals surface area contributed by atoms with Crippen LogP contribution in [0.5, 0.6) is 0 Å². The van der Waals surface area contributed by atoms with Crippen molar-refractivity contribution in [1.29, 1.82) is 0 Å². The summed E-state index contributed by atoms with van der Waals surface area (Å²) in [5, 5.41) is 0. The van der Waals surface area contributed by atoms with Gasteiger partial charge < -0.3 is 9.80 Å². The lowest BCUT2D eigenvalue weighted by molar-refractivity contribution is -0.137. The monoisotopic (exact) mass is 652 g/mol. The zero-order valence-electron chi connectivity index (χ0n) is 28.6. The molecule has 2 aliphatic heterocycles. The number of anilines is 2. The first-order valence-electron chi connectivity index (χ1n) is 16.8. The van der Waals surface area contributed by atoms with E-state index in [2.05, 4.69) is 41.5 Å². The number of hydrogen-bond acceptors (Lipinski definition) is 2. The second-order valence-corrected chi connectivity index (χ2v) is 15.1. The van der Waals surface area contributed by atoms with Crippen LogP contribution < -0.4 is 9.80 Å². The smallest absolute Gasteiger partial charge is 0.312 e. The maximum Gasteiger partial charge on any atom is 0.416 e. The molecule has 0 aromatic heterocycles. The van der Waals surface area contributed by atoms with Crippen molar-refractivity contribution in [2.24, 2.45) is 0 Å². The first-order chi connectivity index (χ1) is 22.5. The molecule has 2 aliphatic rings. The van der Waals surface area contributed by atoms with Gasteiger partial charge in [0.05, 0.1) is 5.56 Å². The topological polar surface area (TPSA) is 40.6 Å². The van der Waals surface area contributed by atoms with Gasteiger partial charge in [-0.2, -0.15) is 13.2 Å². The number of halogens is 3. The highest BCUT2D eigenvalue weighted by Crippen LogP contribution is 2.49. The normalized spacial score (nSPS) is 15.9. The number of amides is 2. The minimum absolute atomic E-state index is 0.00475. The van der Waals surface area contributed by atoms with Crippen LogP contribution in [-0.2, 0) is 26.6 Å². The Hall–Kier alpha value is -4.39. The summed E-state index contributed by atoms with van der Waals surface area (Å²) >= 11 is 0. The van der Waals surface area contributed by atoms with Crippen molar-refractivity contribution in [3.05, 3.63) is 95.6 Å². The lowest BCUT2D eigenvalue weighted by atomic mass is 9.76. The van der Waals surface area contributed by atoms with Crippen LogP contribution in [0, 0.1) is 0 Å². The van der Waals surface area contributed by atoms with Crippen molar-refractivity contribution >= 4 is 23.2 Å². The van der Waals surface area contributed by atoms with E-state index in [1.54, 1.807) is 9.80 Å². The summed E-state index contributed by atoms with van der Waals surface area (Å²) in [5.74, 6) is -0.00950. The minimum Gasteiger partial charge on any atom is -0.312 e. The molecule has 0 N–H and O–H groups in total. The predicted octanol–water partition coefficient (Wildman–Crippen LogP) is 10.6. The van der Waals surface area contributed by atoms with Crippen LogP contribution in [0.3, 0.4) is 0 Å². The standard InChI is InChI=1S/C41H43F3N2O2/c1-39(2,3)34-15-9-7-13-30(34)32-23-27(41(42,43)44)24-33(31-14-8-10-16-35(31)40(4,5)6)38(32)26-21-28(45-19-11-17-36(45)47)25-29(22-26)46-20-12-18-37(46)48/h7-10,13-16,21-25H,11-12,17-20H2,1-6H3. The number of rotatable bonds is 5. The Balaban J connectivity index is 1.79. The molecule has 0 bridgehead atoms. The molecule has 4 aromatic carbocycles. The Morgan fingerprint density at radius 3 is 1.33 bits per heavy atom. The lowest BCUT2D eigenvalue weighted by Crippen LogP contribution is -2.26. The van der Waals surface area contributed by atoms with E-state index in [0.29, 0.717) is 70.7 Å². The van der Waals surface area contributed by atoms with Gasteiger partial charge in [-0.25, -0.2) is 0 Å². The van der Waals surface area contributed by atoms with E-state index in [9.17, 15) is 22.8 Å². The van der Waals surface area contributed by atoms with Crippen LogP contribution in [0.15, 0.2) is 78.9 Å². The average Bonchev–Trinajstić information content (AvgIpc) is 3.66. The molecule has 4 nitrogen and oxygen atoms in total. The second-order valence-electron chi connectivity index (χ2n) is 15.1. The molecule has 4 aromatic rings. The van der Waals surface area contributed by atoms with E-state index in [1.807, 2.05) is 66.7 Å². The maximum absolute atomic E-state index is 14.9. The Labute approximate surface area is 281 Å². The Kier molecular flexibility index (Phi) is 8.55. The fourth-order valence-electron chi connectivity index (χ4n) is 7.18. The molecule has 0 unspecified atom stereocenters. The molecule has 2 saturated heterocycles. The van der Waals surface area contributed by atoms with Gasteiger partial charge in [0.1, 0.15) is 0 Å². The minimum atomic E-state index is -4.60. The molecule has 6 rings (SSSR count). The molecule has 2 amide bonds. The van der Waals surface area contributed by atoms with Crippen LogP contribution >= 0.6 is 0 Å². The number of carbonyl (C=O) groups is 2. The van der Waals surface area contributed by atoms with Crippen molar-refractivity contribution in [3.8, 4) is 33.4 Å². The van der Waals surface area contributed by atoms with Gasteiger partial charge in [0.15, 0.2) is 0 Å². The number of carbonyl (C=O) groups excluding carboxylic acids is 2. The number of benzene rings is 4. The molecule has 0 radical (unpaired) electrons. The maximum atomic E-state index is 14.9. The third-order valence-corrected chi connectivity index (χ3v) is 9.48. The number of nitrogens with zero attached hydrogens (tertiary/aromatic N) is 2. The van der Waals surface area contributed by atoms with Crippen molar-refractivity contribution in [1.82, 2.24) is 0 Å². The van der Waals surface area contributed by atoms with Gasteiger partial charge in [-0.05, 0) is 98.5 Å². The lowest BCUT2D eigenvalue weighted by Gasteiger charge is -2.29. The molecule has 0 atom stereocenters. The van der Waals surface area contributed by atoms with Crippen molar-refractivity contribution < 1.29 is 22.8 Å². The van der Waals surface area contributed by atoms with Crippen molar-refractivity contribution in [2.45, 2.75) is 84.2 Å². The first kappa shape index (κ1) is 33.5.